The molecule has 0 unspecified atom stereocenters. The second-order valence-electron chi connectivity index (χ2n) is 12.6. The van der Waals surface area contributed by atoms with Crippen molar-refractivity contribution >= 4 is 5.97 Å². The van der Waals surface area contributed by atoms with Gasteiger partial charge in [-0.25, -0.2) is 0 Å². The number of esters is 1. The van der Waals surface area contributed by atoms with E-state index >= 15 is 0 Å². The van der Waals surface area contributed by atoms with Crippen molar-refractivity contribution in [3.8, 4) is 0 Å². The maximum absolute atomic E-state index is 11.9. The highest BCUT2D eigenvalue weighted by Gasteiger charge is 2.02. The molecule has 0 aliphatic heterocycles. The number of carbonyl (C=O) groups excluding carboxylic acids is 1. The number of rotatable bonds is 34. The smallest absolute Gasteiger partial charge is 0.305 e. The van der Waals surface area contributed by atoms with E-state index in [0.717, 1.165) is 12.8 Å². The Bertz CT molecular complexity index is 498. The van der Waals surface area contributed by atoms with Crippen LogP contribution < -0.4 is 0 Å². The Labute approximate surface area is 253 Å². The van der Waals surface area contributed by atoms with E-state index in [2.05, 4.69) is 26.0 Å². The van der Waals surface area contributed by atoms with E-state index in [1.54, 1.807) is 0 Å². The molecule has 0 amide bonds. The molecule has 0 aromatic heterocycles. The van der Waals surface area contributed by atoms with Crippen molar-refractivity contribution in [3.05, 3.63) is 12.2 Å². The molecule has 0 aliphatic rings. The van der Waals surface area contributed by atoms with Gasteiger partial charge in [-0.2, -0.15) is 0 Å². The molecule has 0 spiro atoms. The number of hydrogen-bond acceptors (Lipinski definition) is 2. The number of unbranched alkanes of at least 4 members (excludes halogenated alkanes) is 28. The van der Waals surface area contributed by atoms with Crippen LogP contribution in [0.25, 0.3) is 0 Å². The maximum atomic E-state index is 11.9. The summed E-state index contributed by atoms with van der Waals surface area (Å²) in [6.07, 6.45) is 47.1. The van der Waals surface area contributed by atoms with Crippen LogP contribution in [0.4, 0.5) is 0 Å². The van der Waals surface area contributed by atoms with Gasteiger partial charge in [-0.05, 0) is 38.5 Å². The molecule has 0 atom stereocenters. The second kappa shape index (κ2) is 36.2. The van der Waals surface area contributed by atoms with Gasteiger partial charge in [0.15, 0.2) is 0 Å². The fourth-order valence-electron chi connectivity index (χ4n) is 5.60. The summed E-state index contributed by atoms with van der Waals surface area (Å²) in [7, 11) is 0. The van der Waals surface area contributed by atoms with Gasteiger partial charge in [0.2, 0.25) is 0 Å². The van der Waals surface area contributed by atoms with Gasteiger partial charge >= 0.3 is 5.97 Å². The molecule has 2 nitrogen and oxygen atoms in total. The van der Waals surface area contributed by atoms with Crippen LogP contribution in [0.2, 0.25) is 0 Å². The summed E-state index contributed by atoms with van der Waals surface area (Å²) >= 11 is 0. The topological polar surface area (TPSA) is 26.3 Å². The molecule has 0 aromatic carbocycles. The minimum atomic E-state index is 0.0244. The zero-order chi connectivity index (χ0) is 29.0. The van der Waals surface area contributed by atoms with Gasteiger partial charge in [-0.3, -0.25) is 4.79 Å². The number of carbonyl (C=O) groups is 1. The lowest BCUT2D eigenvalue weighted by Crippen LogP contribution is -2.05. The summed E-state index contributed by atoms with van der Waals surface area (Å²) in [5.74, 6) is 0.0244. The standard InChI is InChI=1S/C38H74O2/c1-3-5-7-9-11-13-15-17-18-19-20-21-22-23-25-27-29-31-33-35-37-40-38(39)36-34-32-30-28-26-24-16-14-12-10-8-6-4-2/h17-18H,3-16,19-37H2,1-2H3. The van der Waals surface area contributed by atoms with Crippen molar-refractivity contribution in [3.63, 3.8) is 0 Å². The van der Waals surface area contributed by atoms with Gasteiger partial charge in [0.1, 0.15) is 0 Å². The molecule has 0 aliphatic carbocycles. The van der Waals surface area contributed by atoms with Crippen LogP contribution >= 0.6 is 0 Å². The van der Waals surface area contributed by atoms with E-state index < -0.39 is 0 Å². The number of hydrogen-bond donors (Lipinski definition) is 0. The van der Waals surface area contributed by atoms with E-state index in [4.69, 9.17) is 4.74 Å². The molecule has 0 saturated heterocycles. The molecule has 0 bridgehead atoms. The summed E-state index contributed by atoms with van der Waals surface area (Å²) in [6.45, 7) is 5.20. The first-order valence-corrected chi connectivity index (χ1v) is 18.6. The van der Waals surface area contributed by atoms with Crippen molar-refractivity contribution in [2.24, 2.45) is 0 Å². The zero-order valence-corrected chi connectivity index (χ0v) is 27.8. The zero-order valence-electron chi connectivity index (χ0n) is 27.8. The summed E-state index contributed by atoms with van der Waals surface area (Å²) in [5.41, 5.74) is 0. The van der Waals surface area contributed by atoms with Crippen LogP contribution in [0.15, 0.2) is 12.2 Å². The molecule has 0 rings (SSSR count). The van der Waals surface area contributed by atoms with Crippen molar-refractivity contribution < 1.29 is 9.53 Å². The molecule has 2 heteroatoms. The minimum absolute atomic E-state index is 0.0244. The largest absolute Gasteiger partial charge is 0.466 e. The monoisotopic (exact) mass is 563 g/mol. The van der Waals surface area contributed by atoms with Crippen LogP contribution in [-0.4, -0.2) is 12.6 Å². The number of ether oxygens (including phenoxy) is 1. The normalized spacial score (nSPS) is 11.6. The first-order valence-electron chi connectivity index (χ1n) is 18.6. The highest BCUT2D eigenvalue weighted by molar-refractivity contribution is 5.69. The fraction of sp³-hybridized carbons (Fsp3) is 0.921. The highest BCUT2D eigenvalue weighted by atomic mass is 16.5. The van der Waals surface area contributed by atoms with Crippen molar-refractivity contribution in [1.82, 2.24) is 0 Å². The molecule has 0 aromatic rings. The fourth-order valence-corrected chi connectivity index (χ4v) is 5.60. The molecule has 0 heterocycles. The Kier molecular flexibility index (Phi) is 35.5. The molecular formula is C38H74O2. The average molecular weight is 563 g/mol. The Morgan fingerprint density at radius 1 is 0.400 bits per heavy atom. The van der Waals surface area contributed by atoms with Gasteiger partial charge in [0, 0.05) is 6.42 Å². The predicted octanol–water partition coefficient (Wildman–Crippen LogP) is 13.6. The highest BCUT2D eigenvalue weighted by Crippen LogP contribution is 2.14. The summed E-state index contributed by atoms with van der Waals surface area (Å²) < 4.78 is 5.44. The average Bonchev–Trinajstić information content (AvgIpc) is 2.96. The van der Waals surface area contributed by atoms with Crippen LogP contribution in [0.5, 0.6) is 0 Å². The predicted molar refractivity (Wildman–Crippen MR) is 179 cm³/mol. The van der Waals surface area contributed by atoms with Crippen LogP contribution in [0.3, 0.4) is 0 Å². The molecule has 0 fully saturated rings. The van der Waals surface area contributed by atoms with E-state index in [9.17, 15) is 4.79 Å². The first kappa shape index (κ1) is 39.2. The van der Waals surface area contributed by atoms with Crippen LogP contribution in [-0.2, 0) is 9.53 Å². The van der Waals surface area contributed by atoms with E-state index in [-0.39, 0.29) is 5.97 Å². The third-order valence-corrected chi connectivity index (χ3v) is 8.40. The molecule has 0 N–H and O–H groups in total. The van der Waals surface area contributed by atoms with Gasteiger partial charge in [-0.1, -0.05) is 187 Å². The molecule has 40 heavy (non-hydrogen) atoms. The summed E-state index contributed by atoms with van der Waals surface area (Å²) in [6, 6.07) is 0. The number of allylic oxidation sites excluding steroid dienone is 2. The quantitative estimate of drug-likeness (QED) is 0.0443. The lowest BCUT2D eigenvalue weighted by atomic mass is 10.0. The lowest BCUT2D eigenvalue weighted by Gasteiger charge is -2.06. The van der Waals surface area contributed by atoms with E-state index in [0.29, 0.717) is 13.0 Å². The summed E-state index contributed by atoms with van der Waals surface area (Å²) in [4.78, 5) is 11.9. The third-order valence-electron chi connectivity index (χ3n) is 8.40. The Morgan fingerprint density at radius 2 is 0.700 bits per heavy atom. The maximum Gasteiger partial charge on any atom is 0.305 e. The Morgan fingerprint density at radius 3 is 1.07 bits per heavy atom. The molecular weight excluding hydrogens is 488 g/mol. The van der Waals surface area contributed by atoms with Gasteiger partial charge < -0.3 is 4.74 Å². The van der Waals surface area contributed by atoms with Crippen molar-refractivity contribution in [2.45, 2.75) is 219 Å². The lowest BCUT2D eigenvalue weighted by molar-refractivity contribution is -0.143. The third kappa shape index (κ3) is 35.2. The van der Waals surface area contributed by atoms with Crippen molar-refractivity contribution in [1.29, 1.82) is 0 Å². The van der Waals surface area contributed by atoms with Gasteiger partial charge in [0.25, 0.3) is 0 Å². The SMILES string of the molecule is CCCCCCCCC=CCCCCCCCCCCCCOC(=O)CCCCCCCCCCCCCCC. The van der Waals surface area contributed by atoms with Gasteiger partial charge in [0.05, 0.1) is 6.61 Å². The molecule has 0 radical (unpaired) electrons. The van der Waals surface area contributed by atoms with Crippen LogP contribution in [0.1, 0.15) is 219 Å². The van der Waals surface area contributed by atoms with E-state index in [1.165, 1.54) is 186 Å². The van der Waals surface area contributed by atoms with Crippen molar-refractivity contribution in [2.75, 3.05) is 6.61 Å². The Hall–Kier alpha value is -0.790. The minimum Gasteiger partial charge on any atom is -0.466 e. The summed E-state index contributed by atoms with van der Waals surface area (Å²) in [5, 5.41) is 0. The van der Waals surface area contributed by atoms with E-state index in [1.807, 2.05) is 0 Å². The Balaban J connectivity index is 3.17. The van der Waals surface area contributed by atoms with Gasteiger partial charge in [-0.15, -0.1) is 0 Å². The molecule has 0 saturated carbocycles. The molecule has 238 valence electrons. The second-order valence-corrected chi connectivity index (χ2v) is 12.6. The first-order chi connectivity index (χ1) is 19.8. The van der Waals surface area contributed by atoms with Crippen LogP contribution in [0, 0.1) is 0 Å².